The van der Waals surface area contributed by atoms with Gasteiger partial charge in [0.25, 0.3) is 5.91 Å². The number of carbonyl (C=O) groups is 1. The fraction of sp³-hybridized carbons (Fsp3) is 0.533. The van der Waals surface area contributed by atoms with Gasteiger partial charge >= 0.3 is 0 Å². The topological polar surface area (TPSA) is 41.6 Å². The summed E-state index contributed by atoms with van der Waals surface area (Å²) in [6, 6.07) is 7.90. The molecule has 0 saturated heterocycles. The first kappa shape index (κ1) is 15.5. The molecule has 4 heteroatoms. The number of benzene rings is 1. The van der Waals surface area contributed by atoms with Gasteiger partial charge in [0.05, 0.1) is 0 Å². The predicted molar refractivity (Wildman–Crippen MR) is 77.6 cm³/mol. The third kappa shape index (κ3) is 5.30. The van der Waals surface area contributed by atoms with Gasteiger partial charge in [-0.15, -0.1) is 0 Å². The molecule has 0 saturated carbocycles. The van der Waals surface area contributed by atoms with E-state index >= 15 is 0 Å². The molecule has 19 heavy (non-hydrogen) atoms. The smallest absolute Gasteiger partial charge is 0.260 e. The van der Waals surface area contributed by atoms with Gasteiger partial charge in [0, 0.05) is 20.1 Å². The zero-order chi connectivity index (χ0) is 14.3. The second-order valence-electron chi connectivity index (χ2n) is 4.93. The van der Waals surface area contributed by atoms with E-state index in [1.807, 2.05) is 25.2 Å². The average molecular weight is 264 g/mol. The van der Waals surface area contributed by atoms with Crippen molar-refractivity contribution in [1.29, 1.82) is 0 Å². The molecule has 106 valence electrons. The zero-order valence-electron chi connectivity index (χ0n) is 12.3. The van der Waals surface area contributed by atoms with E-state index in [0.29, 0.717) is 12.5 Å². The van der Waals surface area contributed by atoms with Gasteiger partial charge in [-0.3, -0.25) is 4.79 Å². The Morgan fingerprint density at radius 3 is 2.79 bits per heavy atom. The maximum absolute atomic E-state index is 11.8. The molecule has 0 atom stereocenters. The number of rotatable bonds is 7. The molecule has 1 aromatic carbocycles. The maximum atomic E-state index is 11.8. The number of hydrogen-bond acceptors (Lipinski definition) is 3. The molecule has 0 aliphatic heterocycles. The van der Waals surface area contributed by atoms with Crippen molar-refractivity contribution in [3.63, 3.8) is 0 Å². The Kier molecular flexibility index (Phi) is 6.36. The van der Waals surface area contributed by atoms with Crippen LogP contribution in [-0.4, -0.2) is 44.6 Å². The molecule has 0 aliphatic rings. The minimum Gasteiger partial charge on any atom is -0.484 e. The van der Waals surface area contributed by atoms with E-state index in [4.69, 9.17) is 4.74 Å². The van der Waals surface area contributed by atoms with Crippen LogP contribution in [0.1, 0.15) is 25.3 Å². The quantitative estimate of drug-likeness (QED) is 0.817. The highest BCUT2D eigenvalue weighted by atomic mass is 16.5. The van der Waals surface area contributed by atoms with E-state index < -0.39 is 0 Å². The van der Waals surface area contributed by atoms with Crippen molar-refractivity contribution in [2.45, 2.75) is 19.8 Å². The molecule has 4 nitrogen and oxygen atoms in total. The Morgan fingerprint density at radius 2 is 2.16 bits per heavy atom. The summed E-state index contributed by atoms with van der Waals surface area (Å²) < 4.78 is 5.55. The molecule has 0 heterocycles. The van der Waals surface area contributed by atoms with Crippen molar-refractivity contribution in [1.82, 2.24) is 10.2 Å². The highest BCUT2D eigenvalue weighted by Gasteiger charge is 2.09. The monoisotopic (exact) mass is 264 g/mol. The Labute approximate surface area is 115 Å². The fourth-order valence-electron chi connectivity index (χ4n) is 1.62. The second-order valence-corrected chi connectivity index (χ2v) is 4.93. The van der Waals surface area contributed by atoms with Gasteiger partial charge in [0.1, 0.15) is 5.75 Å². The van der Waals surface area contributed by atoms with Crippen LogP contribution in [0.25, 0.3) is 0 Å². The van der Waals surface area contributed by atoms with Crippen LogP contribution >= 0.6 is 0 Å². The lowest BCUT2D eigenvalue weighted by Gasteiger charge is -2.17. The van der Waals surface area contributed by atoms with Crippen LogP contribution in [0.5, 0.6) is 5.75 Å². The van der Waals surface area contributed by atoms with Gasteiger partial charge in [-0.25, -0.2) is 0 Å². The van der Waals surface area contributed by atoms with Crippen LogP contribution in [0.4, 0.5) is 0 Å². The number of likely N-dealkylation sites (N-methyl/N-ethyl adjacent to an activating group) is 2. The summed E-state index contributed by atoms with van der Waals surface area (Å²) in [7, 11) is 3.65. The van der Waals surface area contributed by atoms with Crippen LogP contribution in [0.15, 0.2) is 24.3 Å². The number of nitrogens with one attached hydrogen (secondary N) is 1. The first-order chi connectivity index (χ1) is 9.04. The molecule has 1 N–H and O–H groups in total. The van der Waals surface area contributed by atoms with Crippen molar-refractivity contribution < 1.29 is 9.53 Å². The van der Waals surface area contributed by atoms with Gasteiger partial charge in [-0.05, 0) is 30.7 Å². The van der Waals surface area contributed by atoms with Gasteiger partial charge < -0.3 is 15.0 Å². The molecule has 0 unspecified atom stereocenters. The molecule has 1 amide bonds. The Morgan fingerprint density at radius 1 is 1.42 bits per heavy atom. The van der Waals surface area contributed by atoms with E-state index in [2.05, 4.69) is 25.2 Å². The highest BCUT2D eigenvalue weighted by molar-refractivity contribution is 5.77. The van der Waals surface area contributed by atoms with Gasteiger partial charge in [0.15, 0.2) is 6.61 Å². The van der Waals surface area contributed by atoms with Crippen molar-refractivity contribution >= 4 is 5.91 Å². The molecule has 0 fully saturated rings. The molecule has 0 aromatic heterocycles. The van der Waals surface area contributed by atoms with Gasteiger partial charge in [-0.2, -0.15) is 0 Å². The average Bonchev–Trinajstić information content (AvgIpc) is 2.42. The number of carbonyl (C=O) groups excluding carboxylic acids is 1. The van der Waals surface area contributed by atoms with Gasteiger partial charge in [0.2, 0.25) is 0 Å². The molecule has 1 rings (SSSR count). The lowest BCUT2D eigenvalue weighted by atomic mass is 10.0. The number of amides is 1. The molecule has 0 aliphatic carbocycles. The van der Waals surface area contributed by atoms with Gasteiger partial charge in [-0.1, -0.05) is 26.0 Å². The normalized spacial score (nSPS) is 10.6. The molecular weight excluding hydrogens is 240 g/mol. The summed E-state index contributed by atoms with van der Waals surface area (Å²) >= 11 is 0. The molecule has 0 spiro atoms. The summed E-state index contributed by atoms with van der Waals surface area (Å²) in [5, 5.41) is 3.01. The van der Waals surface area contributed by atoms with Crippen molar-refractivity contribution in [2.75, 3.05) is 33.8 Å². The number of nitrogens with zero attached hydrogens (tertiary/aromatic N) is 1. The SMILES string of the molecule is CNCCN(C)C(=O)COc1cccc(C(C)C)c1. The van der Waals surface area contributed by atoms with Crippen LogP contribution in [-0.2, 0) is 4.79 Å². The van der Waals surface area contributed by atoms with E-state index in [9.17, 15) is 4.79 Å². The summed E-state index contributed by atoms with van der Waals surface area (Å²) in [5.74, 6) is 1.20. The van der Waals surface area contributed by atoms with E-state index in [1.54, 1.807) is 11.9 Å². The summed E-state index contributed by atoms with van der Waals surface area (Å²) in [6.45, 7) is 5.82. The summed E-state index contributed by atoms with van der Waals surface area (Å²) in [6.07, 6.45) is 0. The van der Waals surface area contributed by atoms with Crippen molar-refractivity contribution in [2.24, 2.45) is 0 Å². The number of hydrogen-bond donors (Lipinski definition) is 1. The molecular formula is C15H24N2O2. The zero-order valence-corrected chi connectivity index (χ0v) is 12.3. The molecule has 0 radical (unpaired) electrons. The van der Waals surface area contributed by atoms with E-state index in [1.165, 1.54) is 5.56 Å². The Hall–Kier alpha value is -1.55. The Balaban J connectivity index is 2.47. The third-order valence-corrected chi connectivity index (χ3v) is 3.01. The lowest BCUT2D eigenvalue weighted by molar-refractivity contribution is -0.131. The maximum Gasteiger partial charge on any atom is 0.260 e. The van der Waals surface area contributed by atoms with E-state index in [0.717, 1.165) is 12.3 Å². The standard InChI is InChI=1S/C15H24N2O2/c1-12(2)13-6-5-7-14(10-13)19-11-15(18)17(4)9-8-16-3/h5-7,10,12,16H,8-9,11H2,1-4H3. The minimum atomic E-state index is -0.00907. The van der Waals surface area contributed by atoms with Crippen molar-refractivity contribution in [3.8, 4) is 5.75 Å². The summed E-state index contributed by atoms with van der Waals surface area (Å²) in [4.78, 5) is 13.5. The fourth-order valence-corrected chi connectivity index (χ4v) is 1.62. The van der Waals surface area contributed by atoms with Crippen LogP contribution in [0.2, 0.25) is 0 Å². The van der Waals surface area contributed by atoms with E-state index in [-0.39, 0.29) is 12.5 Å². The first-order valence-electron chi connectivity index (χ1n) is 6.66. The van der Waals surface area contributed by atoms with Crippen LogP contribution in [0.3, 0.4) is 0 Å². The van der Waals surface area contributed by atoms with Crippen LogP contribution in [0, 0.1) is 0 Å². The largest absolute Gasteiger partial charge is 0.484 e. The predicted octanol–water partition coefficient (Wildman–Crippen LogP) is 1.87. The lowest BCUT2D eigenvalue weighted by Crippen LogP contribution is -2.35. The third-order valence-electron chi connectivity index (χ3n) is 3.01. The number of ether oxygens (including phenoxy) is 1. The van der Waals surface area contributed by atoms with Crippen molar-refractivity contribution in [3.05, 3.63) is 29.8 Å². The molecule has 0 bridgehead atoms. The second kappa shape index (κ2) is 7.79. The highest BCUT2D eigenvalue weighted by Crippen LogP contribution is 2.19. The summed E-state index contributed by atoms with van der Waals surface area (Å²) in [5.41, 5.74) is 1.22. The Bertz CT molecular complexity index is 405. The minimum absolute atomic E-state index is 0.00907. The molecule has 1 aromatic rings. The van der Waals surface area contributed by atoms with Crippen LogP contribution < -0.4 is 10.1 Å². The first-order valence-corrected chi connectivity index (χ1v) is 6.66.